The van der Waals surface area contributed by atoms with E-state index in [-0.39, 0.29) is 26.2 Å². The summed E-state index contributed by atoms with van der Waals surface area (Å²) in [6.07, 6.45) is -0.0811. The van der Waals surface area contributed by atoms with Gasteiger partial charge in [-0.15, -0.1) is 0 Å². The van der Waals surface area contributed by atoms with Crippen LogP contribution in [0.5, 0.6) is 11.5 Å². The van der Waals surface area contributed by atoms with Crippen LogP contribution in [0.4, 0.5) is 4.79 Å². The van der Waals surface area contributed by atoms with Crippen LogP contribution in [-0.2, 0) is 22.7 Å². The first kappa shape index (κ1) is 20.1. The molecule has 2 aromatic rings. The highest BCUT2D eigenvalue weighted by Crippen LogP contribution is 2.28. The summed E-state index contributed by atoms with van der Waals surface area (Å²) >= 11 is 0. The lowest BCUT2D eigenvalue weighted by molar-refractivity contribution is -0.137. The van der Waals surface area contributed by atoms with E-state index in [0.29, 0.717) is 17.9 Å². The second kappa shape index (κ2) is 10.7. The van der Waals surface area contributed by atoms with Gasteiger partial charge in [-0.3, -0.25) is 4.79 Å². The van der Waals surface area contributed by atoms with Crippen LogP contribution in [0.3, 0.4) is 0 Å². The van der Waals surface area contributed by atoms with Crippen molar-refractivity contribution in [1.29, 1.82) is 0 Å². The van der Waals surface area contributed by atoms with Gasteiger partial charge in [-0.25, -0.2) is 4.79 Å². The van der Waals surface area contributed by atoms with Crippen LogP contribution >= 0.6 is 0 Å². The van der Waals surface area contributed by atoms with Gasteiger partial charge in [-0.2, -0.15) is 0 Å². The fourth-order valence-corrected chi connectivity index (χ4v) is 2.30. The van der Waals surface area contributed by atoms with Crippen molar-refractivity contribution < 1.29 is 28.9 Å². The number of amides is 1. The number of hydrogen-bond acceptors (Lipinski definition) is 5. The van der Waals surface area contributed by atoms with Gasteiger partial charge in [0.25, 0.3) is 0 Å². The molecule has 1 amide bonds. The number of nitrogens with one attached hydrogen (secondary N) is 1. The molecular weight excluding hydrogens is 350 g/mol. The summed E-state index contributed by atoms with van der Waals surface area (Å²) < 4.78 is 16.0. The Balaban J connectivity index is 1.83. The molecule has 0 fully saturated rings. The first-order valence-corrected chi connectivity index (χ1v) is 8.54. The van der Waals surface area contributed by atoms with Gasteiger partial charge in [0.1, 0.15) is 6.61 Å². The van der Waals surface area contributed by atoms with Crippen molar-refractivity contribution in [2.45, 2.75) is 26.0 Å². The average molecular weight is 373 g/mol. The maximum atomic E-state index is 11.8. The summed E-state index contributed by atoms with van der Waals surface area (Å²) in [6.45, 7) is 0.731. The summed E-state index contributed by atoms with van der Waals surface area (Å²) in [6, 6.07) is 14.7. The summed E-state index contributed by atoms with van der Waals surface area (Å²) in [5, 5.41) is 11.3. The van der Waals surface area contributed by atoms with Crippen molar-refractivity contribution >= 4 is 12.1 Å². The van der Waals surface area contributed by atoms with Gasteiger partial charge in [-0.05, 0) is 29.7 Å². The molecule has 0 saturated heterocycles. The fourth-order valence-electron chi connectivity index (χ4n) is 2.30. The maximum absolute atomic E-state index is 11.8. The summed E-state index contributed by atoms with van der Waals surface area (Å²) in [5.74, 6) is 0.179. The Morgan fingerprint density at radius 3 is 2.52 bits per heavy atom. The zero-order valence-electron chi connectivity index (χ0n) is 15.1. The van der Waals surface area contributed by atoms with E-state index in [9.17, 15) is 9.59 Å². The zero-order chi connectivity index (χ0) is 19.5. The smallest absolute Gasteiger partial charge is 0.407 e. The standard InChI is InChI=1S/C20H23NO6/c1-25-17-10-9-16(12-18(17)26-11-5-8-19(22)23)13-21-20(24)27-14-15-6-3-2-4-7-15/h2-4,6-7,9-10,12H,5,8,11,13-14H2,1H3,(H,21,24)(H,22,23). The Labute approximate surface area is 157 Å². The highest BCUT2D eigenvalue weighted by molar-refractivity contribution is 5.67. The van der Waals surface area contributed by atoms with Crippen LogP contribution in [-0.4, -0.2) is 30.9 Å². The van der Waals surface area contributed by atoms with E-state index in [1.807, 2.05) is 30.3 Å². The first-order valence-electron chi connectivity index (χ1n) is 8.54. The Morgan fingerprint density at radius 2 is 1.81 bits per heavy atom. The quantitative estimate of drug-likeness (QED) is 0.620. The summed E-state index contributed by atoms with van der Waals surface area (Å²) in [4.78, 5) is 22.4. The SMILES string of the molecule is COc1ccc(CNC(=O)OCc2ccccc2)cc1OCCCC(=O)O. The average Bonchev–Trinajstić information content (AvgIpc) is 2.68. The molecule has 0 saturated carbocycles. The molecule has 0 heterocycles. The fraction of sp³-hybridized carbons (Fsp3) is 0.300. The number of ether oxygens (including phenoxy) is 3. The van der Waals surface area contributed by atoms with Gasteiger partial charge in [0.15, 0.2) is 11.5 Å². The molecular formula is C20H23NO6. The lowest BCUT2D eigenvalue weighted by Gasteiger charge is -2.13. The molecule has 0 bridgehead atoms. The highest BCUT2D eigenvalue weighted by Gasteiger charge is 2.08. The molecule has 0 aliphatic carbocycles. The van der Waals surface area contributed by atoms with Crippen LogP contribution in [0.15, 0.2) is 48.5 Å². The first-order chi connectivity index (χ1) is 13.1. The Bertz CT molecular complexity index is 747. The monoisotopic (exact) mass is 373 g/mol. The molecule has 0 unspecified atom stereocenters. The number of carboxylic acid groups (broad SMARTS) is 1. The number of aliphatic carboxylic acids is 1. The van der Waals surface area contributed by atoms with E-state index in [1.165, 1.54) is 7.11 Å². The van der Waals surface area contributed by atoms with Crippen molar-refractivity contribution in [3.8, 4) is 11.5 Å². The molecule has 2 rings (SSSR count). The largest absolute Gasteiger partial charge is 0.493 e. The van der Waals surface area contributed by atoms with Crippen LogP contribution < -0.4 is 14.8 Å². The van der Waals surface area contributed by atoms with Crippen molar-refractivity contribution in [3.63, 3.8) is 0 Å². The molecule has 0 aliphatic heterocycles. The number of rotatable bonds is 10. The van der Waals surface area contributed by atoms with Gasteiger partial charge in [0, 0.05) is 13.0 Å². The lowest BCUT2D eigenvalue weighted by Crippen LogP contribution is -2.23. The van der Waals surface area contributed by atoms with Crippen molar-refractivity contribution in [3.05, 3.63) is 59.7 Å². The molecule has 2 aromatic carbocycles. The number of alkyl carbamates (subject to hydrolysis) is 1. The number of carbonyl (C=O) groups is 2. The molecule has 0 radical (unpaired) electrons. The Morgan fingerprint density at radius 1 is 1.04 bits per heavy atom. The maximum Gasteiger partial charge on any atom is 0.407 e. The van der Waals surface area contributed by atoms with Crippen molar-refractivity contribution in [1.82, 2.24) is 5.32 Å². The van der Waals surface area contributed by atoms with Gasteiger partial charge < -0.3 is 24.6 Å². The van der Waals surface area contributed by atoms with Crippen molar-refractivity contribution in [2.75, 3.05) is 13.7 Å². The highest BCUT2D eigenvalue weighted by atomic mass is 16.5. The molecule has 7 nitrogen and oxygen atoms in total. The molecule has 144 valence electrons. The minimum Gasteiger partial charge on any atom is -0.493 e. The third kappa shape index (κ3) is 7.27. The topological polar surface area (TPSA) is 94.1 Å². The predicted molar refractivity (Wildman–Crippen MR) is 98.8 cm³/mol. The molecule has 0 aromatic heterocycles. The van der Waals surface area contributed by atoms with Crippen molar-refractivity contribution in [2.24, 2.45) is 0 Å². The van der Waals surface area contributed by atoms with E-state index in [4.69, 9.17) is 19.3 Å². The third-order valence-electron chi connectivity index (χ3n) is 3.67. The van der Waals surface area contributed by atoms with Gasteiger partial charge in [-0.1, -0.05) is 36.4 Å². The molecule has 0 atom stereocenters. The van der Waals surface area contributed by atoms with E-state index in [0.717, 1.165) is 11.1 Å². The van der Waals surface area contributed by atoms with E-state index < -0.39 is 12.1 Å². The number of carboxylic acids is 1. The number of benzene rings is 2. The van der Waals surface area contributed by atoms with Gasteiger partial charge >= 0.3 is 12.1 Å². The molecule has 27 heavy (non-hydrogen) atoms. The second-order valence-electron chi connectivity index (χ2n) is 5.75. The predicted octanol–water partition coefficient (Wildman–Crippen LogP) is 3.37. The van der Waals surface area contributed by atoms with E-state index >= 15 is 0 Å². The minimum absolute atomic E-state index is 0.0385. The van der Waals surface area contributed by atoms with Gasteiger partial charge in [0.2, 0.25) is 0 Å². The molecule has 2 N–H and O–H groups in total. The van der Waals surface area contributed by atoms with Gasteiger partial charge in [0.05, 0.1) is 13.7 Å². The van der Waals surface area contributed by atoms with Crippen LogP contribution in [0.2, 0.25) is 0 Å². The summed E-state index contributed by atoms with van der Waals surface area (Å²) in [7, 11) is 1.53. The third-order valence-corrected chi connectivity index (χ3v) is 3.67. The van der Waals surface area contributed by atoms with Crippen LogP contribution in [0, 0.1) is 0 Å². The Kier molecular flexibility index (Phi) is 7.96. The number of hydrogen-bond donors (Lipinski definition) is 2. The molecule has 0 spiro atoms. The second-order valence-corrected chi connectivity index (χ2v) is 5.75. The zero-order valence-corrected chi connectivity index (χ0v) is 15.1. The van der Waals surface area contributed by atoms with E-state index in [2.05, 4.69) is 5.32 Å². The normalized spacial score (nSPS) is 10.1. The minimum atomic E-state index is -0.863. The Hall–Kier alpha value is -3.22. The summed E-state index contributed by atoms with van der Waals surface area (Å²) in [5.41, 5.74) is 1.72. The number of carbonyl (C=O) groups excluding carboxylic acids is 1. The van der Waals surface area contributed by atoms with Crippen LogP contribution in [0.1, 0.15) is 24.0 Å². The lowest BCUT2D eigenvalue weighted by atomic mass is 10.2. The molecule has 7 heteroatoms. The number of methoxy groups -OCH3 is 1. The van der Waals surface area contributed by atoms with Crippen LogP contribution in [0.25, 0.3) is 0 Å². The van der Waals surface area contributed by atoms with E-state index in [1.54, 1.807) is 18.2 Å². The molecule has 0 aliphatic rings.